The van der Waals surface area contributed by atoms with Gasteiger partial charge in [-0.1, -0.05) is 55.1 Å². The number of benzene rings is 1. The van der Waals surface area contributed by atoms with Crippen molar-refractivity contribution in [1.29, 1.82) is 0 Å². The summed E-state index contributed by atoms with van der Waals surface area (Å²) in [5.74, 6) is 0.960. The highest BCUT2D eigenvalue weighted by molar-refractivity contribution is 8.02. The molecule has 0 aliphatic carbocycles. The van der Waals surface area contributed by atoms with Gasteiger partial charge in [-0.15, -0.1) is 0 Å². The molecule has 6 nitrogen and oxygen atoms in total. The Morgan fingerprint density at radius 2 is 2.13 bits per heavy atom. The highest BCUT2D eigenvalue weighted by atomic mass is 32.2. The van der Waals surface area contributed by atoms with Crippen molar-refractivity contribution in [2.75, 3.05) is 18.4 Å². The number of carbonyl (C=O) groups excluding carboxylic acids is 1. The Morgan fingerprint density at radius 1 is 1.26 bits per heavy atom. The molecule has 1 saturated heterocycles. The molecular weight excluding hydrogens is 406 g/mol. The number of amides is 1. The molecule has 0 bridgehead atoms. The van der Waals surface area contributed by atoms with E-state index in [4.69, 9.17) is 0 Å². The molecule has 7 heteroatoms. The summed E-state index contributed by atoms with van der Waals surface area (Å²) in [5, 5.41) is 9.02. The molecule has 31 heavy (non-hydrogen) atoms. The lowest BCUT2D eigenvalue weighted by Gasteiger charge is -2.28. The van der Waals surface area contributed by atoms with Gasteiger partial charge in [-0.25, -0.2) is 4.98 Å². The molecule has 1 amide bonds. The number of fused-ring (bicyclic) bond motifs is 1. The van der Waals surface area contributed by atoms with Gasteiger partial charge >= 0.3 is 0 Å². The molecule has 0 spiro atoms. The largest absolute Gasteiger partial charge is 0.368 e. The van der Waals surface area contributed by atoms with E-state index in [9.17, 15) is 4.79 Å². The van der Waals surface area contributed by atoms with Crippen molar-refractivity contribution in [3.63, 3.8) is 0 Å². The van der Waals surface area contributed by atoms with Gasteiger partial charge in [0.2, 0.25) is 0 Å². The second-order valence-electron chi connectivity index (χ2n) is 8.00. The number of rotatable bonds is 6. The van der Waals surface area contributed by atoms with E-state index in [1.54, 1.807) is 11.8 Å². The van der Waals surface area contributed by atoms with Crippen LogP contribution >= 0.6 is 11.8 Å². The van der Waals surface area contributed by atoms with E-state index in [2.05, 4.69) is 45.6 Å². The van der Waals surface area contributed by atoms with Crippen LogP contribution < -0.4 is 10.6 Å². The van der Waals surface area contributed by atoms with Gasteiger partial charge in [0.15, 0.2) is 5.50 Å². The van der Waals surface area contributed by atoms with Gasteiger partial charge < -0.3 is 20.4 Å². The van der Waals surface area contributed by atoms with E-state index in [0.717, 1.165) is 48.6 Å². The first kappa shape index (κ1) is 20.0. The average molecular weight is 434 g/mol. The molecule has 2 atom stereocenters. The van der Waals surface area contributed by atoms with Gasteiger partial charge in [-0.05, 0) is 36.3 Å². The number of carbonyl (C=O) groups is 1. The minimum absolute atomic E-state index is 0.0506. The molecule has 2 unspecified atom stereocenters. The molecule has 3 aliphatic rings. The lowest BCUT2D eigenvalue weighted by Crippen LogP contribution is -2.42. The Labute approximate surface area is 187 Å². The first-order chi connectivity index (χ1) is 15.2. The molecule has 2 N–H and O–H groups in total. The van der Waals surface area contributed by atoms with Crippen molar-refractivity contribution in [2.45, 2.75) is 37.7 Å². The van der Waals surface area contributed by atoms with Crippen molar-refractivity contribution in [3.05, 3.63) is 77.1 Å². The molecule has 0 radical (unpaired) electrons. The van der Waals surface area contributed by atoms with Crippen molar-refractivity contribution in [3.8, 4) is 0 Å². The Hall–Kier alpha value is -2.93. The maximum Gasteiger partial charge on any atom is 0.273 e. The molecule has 1 aromatic carbocycles. The normalized spacial score (nSPS) is 22.1. The predicted molar refractivity (Wildman–Crippen MR) is 126 cm³/mol. The molecule has 1 aromatic heterocycles. The fraction of sp³-hybridized carbons (Fsp3) is 0.333. The number of hydrogen-bond donors (Lipinski definition) is 2. The topological polar surface area (TPSA) is 60.5 Å². The standard InChI is InChI=1S/C24H27N5OS/c1-2-17-10-11-20(25-15-17)26-16-19-9-6-12-28(19)23(30)22-21(18-7-4-3-5-8-18)27-24-29(22)13-14-31-24/h3-5,7-8,10-11,13-15,19,24,27H,2,6,9,12,16H2,1H3,(H,25,26). The molecule has 160 valence electrons. The number of aryl methyl sites for hydroxylation is 1. The summed E-state index contributed by atoms with van der Waals surface area (Å²) in [6.45, 7) is 3.62. The highest BCUT2D eigenvalue weighted by Crippen LogP contribution is 2.38. The van der Waals surface area contributed by atoms with Gasteiger partial charge in [-0.2, -0.15) is 0 Å². The summed E-state index contributed by atoms with van der Waals surface area (Å²) in [6, 6.07) is 14.4. The van der Waals surface area contributed by atoms with Gasteiger partial charge in [0, 0.05) is 37.1 Å². The van der Waals surface area contributed by atoms with Crippen LogP contribution in [0.5, 0.6) is 0 Å². The van der Waals surface area contributed by atoms with Gasteiger partial charge in [0.05, 0.1) is 5.70 Å². The Bertz CT molecular complexity index is 1000. The molecule has 1 fully saturated rings. The van der Waals surface area contributed by atoms with Crippen LogP contribution in [0, 0.1) is 0 Å². The second kappa shape index (κ2) is 8.67. The van der Waals surface area contributed by atoms with Crippen LogP contribution in [0.25, 0.3) is 5.70 Å². The number of hydrogen-bond acceptors (Lipinski definition) is 6. The van der Waals surface area contributed by atoms with Crippen molar-refractivity contribution < 1.29 is 4.79 Å². The maximum absolute atomic E-state index is 13.8. The first-order valence-electron chi connectivity index (χ1n) is 10.9. The zero-order valence-corrected chi connectivity index (χ0v) is 18.4. The first-order valence-corrected chi connectivity index (χ1v) is 11.9. The van der Waals surface area contributed by atoms with E-state index in [1.807, 2.05) is 47.0 Å². The van der Waals surface area contributed by atoms with Gasteiger partial charge in [-0.3, -0.25) is 4.79 Å². The number of thioether (sulfide) groups is 1. The highest BCUT2D eigenvalue weighted by Gasteiger charge is 2.41. The number of likely N-dealkylation sites (tertiary alicyclic amines) is 1. The number of pyridine rings is 1. The number of anilines is 1. The van der Waals surface area contributed by atoms with Crippen LogP contribution in [0.4, 0.5) is 5.82 Å². The minimum Gasteiger partial charge on any atom is -0.368 e. The number of aromatic nitrogens is 1. The molecule has 5 rings (SSSR count). The lowest BCUT2D eigenvalue weighted by atomic mass is 10.1. The molecule has 3 aliphatic heterocycles. The summed E-state index contributed by atoms with van der Waals surface area (Å²) >= 11 is 1.69. The third-order valence-electron chi connectivity index (χ3n) is 6.10. The zero-order chi connectivity index (χ0) is 21.2. The summed E-state index contributed by atoms with van der Waals surface area (Å²) in [7, 11) is 0. The molecule has 4 heterocycles. The maximum atomic E-state index is 13.8. The van der Waals surface area contributed by atoms with Crippen LogP contribution in [0.15, 0.2) is 66.0 Å². The lowest BCUT2D eigenvalue weighted by molar-refractivity contribution is -0.128. The average Bonchev–Trinajstić information content (AvgIpc) is 3.54. The molecular formula is C24H27N5OS. The minimum atomic E-state index is 0.0506. The number of nitrogens with zero attached hydrogens (tertiary/aromatic N) is 3. The molecule has 0 saturated carbocycles. The Kier molecular flexibility index (Phi) is 5.59. The van der Waals surface area contributed by atoms with Crippen LogP contribution in [0.1, 0.15) is 30.9 Å². The van der Waals surface area contributed by atoms with E-state index < -0.39 is 0 Å². The van der Waals surface area contributed by atoms with Crippen LogP contribution in [-0.4, -0.2) is 45.3 Å². The van der Waals surface area contributed by atoms with Crippen LogP contribution in [0.2, 0.25) is 0 Å². The molecule has 2 aromatic rings. The monoisotopic (exact) mass is 433 g/mol. The van der Waals surface area contributed by atoms with E-state index in [1.165, 1.54) is 5.56 Å². The summed E-state index contributed by atoms with van der Waals surface area (Å²) in [4.78, 5) is 22.4. The van der Waals surface area contributed by atoms with Crippen molar-refractivity contribution in [1.82, 2.24) is 20.1 Å². The third-order valence-corrected chi connectivity index (χ3v) is 6.98. The fourth-order valence-electron chi connectivity index (χ4n) is 4.39. The van der Waals surface area contributed by atoms with E-state index in [-0.39, 0.29) is 17.4 Å². The summed E-state index contributed by atoms with van der Waals surface area (Å²) < 4.78 is 0. The van der Waals surface area contributed by atoms with E-state index >= 15 is 0 Å². The second-order valence-corrected chi connectivity index (χ2v) is 8.99. The smallest absolute Gasteiger partial charge is 0.273 e. The Morgan fingerprint density at radius 3 is 2.90 bits per heavy atom. The van der Waals surface area contributed by atoms with Gasteiger partial charge in [0.25, 0.3) is 5.91 Å². The van der Waals surface area contributed by atoms with Crippen LogP contribution in [-0.2, 0) is 11.2 Å². The summed E-state index contributed by atoms with van der Waals surface area (Å²) in [5.41, 5.74) is 3.99. The zero-order valence-electron chi connectivity index (χ0n) is 17.6. The summed E-state index contributed by atoms with van der Waals surface area (Å²) in [6.07, 6.45) is 6.93. The van der Waals surface area contributed by atoms with E-state index in [0.29, 0.717) is 6.54 Å². The Balaban J connectivity index is 1.36. The number of nitrogens with one attached hydrogen (secondary N) is 2. The van der Waals surface area contributed by atoms with Crippen LogP contribution in [0.3, 0.4) is 0 Å². The SMILES string of the molecule is CCc1ccc(NCC2CCCN2C(=O)C2=C(c3ccccc3)NC3SC=CN23)nc1. The fourth-order valence-corrected chi connectivity index (χ4v) is 5.23. The quantitative estimate of drug-likeness (QED) is 0.722. The van der Waals surface area contributed by atoms with Crippen molar-refractivity contribution in [2.24, 2.45) is 0 Å². The van der Waals surface area contributed by atoms with Gasteiger partial charge in [0.1, 0.15) is 11.5 Å². The predicted octanol–water partition coefficient (Wildman–Crippen LogP) is 3.82. The third kappa shape index (κ3) is 3.90. The van der Waals surface area contributed by atoms with Crippen molar-refractivity contribution >= 4 is 29.2 Å².